The molecule has 9 heteroatoms. The molecule has 0 fully saturated rings. The Hall–Kier alpha value is -2.49. The lowest BCUT2D eigenvalue weighted by molar-refractivity contribution is 0.0737. The van der Waals surface area contributed by atoms with Gasteiger partial charge in [-0.05, 0) is 43.7 Å². The number of carbonyl (C=O) groups is 1. The lowest BCUT2D eigenvalue weighted by atomic mass is 10.1. The summed E-state index contributed by atoms with van der Waals surface area (Å²) in [6.07, 6.45) is 1.56. The summed E-state index contributed by atoms with van der Waals surface area (Å²) in [5.41, 5.74) is 1.01. The van der Waals surface area contributed by atoms with E-state index in [1.54, 1.807) is 37.6 Å². The summed E-state index contributed by atoms with van der Waals surface area (Å²) in [6, 6.07) is 9.45. The number of hydrogen-bond acceptors (Lipinski definition) is 6. The molecule has 0 spiro atoms. The largest absolute Gasteiger partial charge is 0.462 e. The minimum absolute atomic E-state index is 0.0117. The lowest BCUT2D eigenvalue weighted by Gasteiger charge is -2.25. The first-order valence-electron chi connectivity index (χ1n) is 8.09. The maximum Gasteiger partial charge on any atom is 0.273 e. The highest BCUT2D eigenvalue weighted by atomic mass is 32.2. The van der Waals surface area contributed by atoms with Gasteiger partial charge in [-0.15, -0.1) is 11.3 Å². The number of carbonyl (C=O) groups excluding carboxylic acids is 1. The number of amides is 1. The molecule has 0 aliphatic carbocycles. The minimum atomic E-state index is -3.81. The summed E-state index contributed by atoms with van der Waals surface area (Å²) >= 11 is 1.38. The van der Waals surface area contributed by atoms with Crippen molar-refractivity contribution in [2.45, 2.75) is 24.8 Å². The van der Waals surface area contributed by atoms with E-state index in [2.05, 4.69) is 4.98 Å². The average molecular weight is 406 g/mol. The van der Waals surface area contributed by atoms with Crippen LogP contribution < -0.4 is 5.14 Å². The smallest absolute Gasteiger partial charge is 0.273 e. The van der Waals surface area contributed by atoms with Gasteiger partial charge in [0.2, 0.25) is 10.0 Å². The van der Waals surface area contributed by atoms with Crippen LogP contribution in [0.2, 0.25) is 0 Å². The summed E-state index contributed by atoms with van der Waals surface area (Å²) in [5, 5.41) is 5.83. The Kier molecular flexibility index (Phi) is 5.18. The molecule has 0 bridgehead atoms. The van der Waals surface area contributed by atoms with Crippen LogP contribution >= 0.6 is 11.3 Å². The Balaban J connectivity index is 1.88. The number of sulfonamides is 1. The van der Waals surface area contributed by atoms with E-state index < -0.39 is 10.0 Å². The zero-order valence-corrected chi connectivity index (χ0v) is 16.7. The first kappa shape index (κ1) is 19.3. The molecule has 0 aliphatic heterocycles. The number of nitrogens with two attached hydrogens (primary N) is 1. The van der Waals surface area contributed by atoms with Gasteiger partial charge in [0.05, 0.1) is 17.2 Å². The summed E-state index contributed by atoms with van der Waals surface area (Å²) < 4.78 is 28.5. The van der Waals surface area contributed by atoms with E-state index in [4.69, 9.17) is 9.56 Å². The number of nitrogens with zero attached hydrogens (tertiary/aromatic N) is 2. The van der Waals surface area contributed by atoms with Crippen molar-refractivity contribution < 1.29 is 17.6 Å². The molecule has 1 atom stereocenters. The number of benzene rings is 1. The first-order chi connectivity index (χ1) is 12.7. The zero-order chi connectivity index (χ0) is 19.8. The van der Waals surface area contributed by atoms with Gasteiger partial charge in [0.25, 0.3) is 5.91 Å². The summed E-state index contributed by atoms with van der Waals surface area (Å²) in [4.78, 5) is 19.7. The van der Waals surface area contributed by atoms with Crippen molar-refractivity contribution in [1.29, 1.82) is 0 Å². The maximum atomic E-state index is 12.9. The normalized spacial score (nSPS) is 12.7. The standard InChI is InChI=1S/C18H19N3O4S2/c1-11(13-6-4-7-14(10-13)27(19,23)24)21(3)18(22)16-12(2)26-17(20-16)15-8-5-9-25-15/h4-11H,1-3H3,(H2,19,23,24). The van der Waals surface area contributed by atoms with E-state index in [1.807, 2.05) is 13.8 Å². The molecule has 0 saturated carbocycles. The topological polar surface area (TPSA) is 106 Å². The highest BCUT2D eigenvalue weighted by Crippen LogP contribution is 2.30. The summed E-state index contributed by atoms with van der Waals surface area (Å²) in [5.74, 6) is 0.355. The second-order valence-corrected chi connectivity index (χ2v) is 8.88. The van der Waals surface area contributed by atoms with Crippen molar-refractivity contribution >= 4 is 27.3 Å². The van der Waals surface area contributed by atoms with Gasteiger partial charge in [0, 0.05) is 11.9 Å². The zero-order valence-electron chi connectivity index (χ0n) is 15.0. The third kappa shape index (κ3) is 3.95. The molecule has 0 saturated heterocycles. The van der Waals surface area contributed by atoms with Crippen LogP contribution in [0.25, 0.3) is 10.8 Å². The van der Waals surface area contributed by atoms with Gasteiger partial charge in [-0.25, -0.2) is 18.5 Å². The van der Waals surface area contributed by atoms with Crippen molar-refractivity contribution in [2.75, 3.05) is 7.05 Å². The third-order valence-electron chi connectivity index (χ3n) is 4.30. The SMILES string of the molecule is Cc1sc(-c2ccco2)nc1C(=O)N(C)C(C)c1cccc(S(N)(=O)=O)c1. The Labute approximate surface area is 161 Å². The first-order valence-corrected chi connectivity index (χ1v) is 10.5. The van der Waals surface area contributed by atoms with Crippen molar-refractivity contribution in [3.8, 4) is 10.8 Å². The molecule has 1 aromatic carbocycles. The molecule has 3 rings (SSSR count). The van der Waals surface area contributed by atoms with Crippen LogP contribution in [0.3, 0.4) is 0 Å². The molecule has 1 unspecified atom stereocenters. The van der Waals surface area contributed by atoms with Crippen molar-refractivity contribution in [3.05, 3.63) is 58.8 Å². The summed E-state index contributed by atoms with van der Waals surface area (Å²) in [6.45, 7) is 3.65. The lowest BCUT2D eigenvalue weighted by Crippen LogP contribution is -2.30. The molecule has 0 aliphatic rings. The molecule has 7 nitrogen and oxygen atoms in total. The van der Waals surface area contributed by atoms with Crippen LogP contribution in [0, 0.1) is 6.92 Å². The molecule has 2 heterocycles. The molecule has 3 aromatic rings. The van der Waals surface area contributed by atoms with Crippen LogP contribution in [0.4, 0.5) is 0 Å². The van der Waals surface area contributed by atoms with Crippen LogP contribution in [0.5, 0.6) is 0 Å². The van der Waals surface area contributed by atoms with Crippen LogP contribution in [-0.2, 0) is 10.0 Å². The van der Waals surface area contributed by atoms with E-state index in [1.165, 1.54) is 28.4 Å². The predicted octanol–water partition coefficient (Wildman–Crippen LogP) is 3.19. The number of thiazole rings is 1. The van der Waals surface area contributed by atoms with Gasteiger partial charge >= 0.3 is 0 Å². The van der Waals surface area contributed by atoms with Crippen LogP contribution in [0.1, 0.15) is 33.9 Å². The minimum Gasteiger partial charge on any atom is -0.462 e. The van der Waals surface area contributed by atoms with Crippen molar-refractivity contribution in [3.63, 3.8) is 0 Å². The van der Waals surface area contributed by atoms with Crippen LogP contribution in [-0.4, -0.2) is 31.3 Å². The molecule has 1 amide bonds. The predicted molar refractivity (Wildman–Crippen MR) is 103 cm³/mol. The molecule has 2 aromatic heterocycles. The quantitative estimate of drug-likeness (QED) is 0.701. The number of rotatable bonds is 5. The highest BCUT2D eigenvalue weighted by molar-refractivity contribution is 7.89. The Morgan fingerprint density at radius 3 is 2.67 bits per heavy atom. The third-order valence-corrected chi connectivity index (χ3v) is 6.20. The highest BCUT2D eigenvalue weighted by Gasteiger charge is 2.25. The summed E-state index contributed by atoms with van der Waals surface area (Å²) in [7, 11) is -2.16. The van der Waals surface area contributed by atoms with E-state index in [0.29, 0.717) is 22.0 Å². The van der Waals surface area contributed by atoms with Crippen molar-refractivity contribution in [1.82, 2.24) is 9.88 Å². The van der Waals surface area contributed by atoms with Gasteiger partial charge in [0.1, 0.15) is 5.69 Å². The van der Waals surface area contributed by atoms with Crippen molar-refractivity contribution in [2.24, 2.45) is 5.14 Å². The molecule has 142 valence electrons. The van der Waals surface area contributed by atoms with Gasteiger partial charge in [0.15, 0.2) is 10.8 Å². The van der Waals surface area contributed by atoms with Crippen LogP contribution in [0.15, 0.2) is 52.0 Å². The number of hydrogen-bond donors (Lipinski definition) is 1. The molecule has 2 N–H and O–H groups in total. The fraction of sp³-hybridized carbons (Fsp3) is 0.222. The van der Waals surface area contributed by atoms with E-state index in [0.717, 1.165) is 4.88 Å². The van der Waals surface area contributed by atoms with Gasteiger partial charge < -0.3 is 9.32 Å². The van der Waals surface area contributed by atoms with E-state index in [9.17, 15) is 13.2 Å². The number of aromatic nitrogens is 1. The molecule has 27 heavy (non-hydrogen) atoms. The van der Waals surface area contributed by atoms with Gasteiger partial charge in [-0.2, -0.15) is 0 Å². The number of primary sulfonamides is 1. The number of aryl methyl sites for hydroxylation is 1. The molecule has 0 radical (unpaired) electrons. The fourth-order valence-corrected chi connectivity index (χ4v) is 4.06. The number of furan rings is 1. The Morgan fingerprint density at radius 2 is 2.04 bits per heavy atom. The van der Waals surface area contributed by atoms with Gasteiger partial charge in [-0.3, -0.25) is 4.79 Å². The van der Waals surface area contributed by atoms with E-state index in [-0.39, 0.29) is 16.8 Å². The Morgan fingerprint density at radius 1 is 1.30 bits per heavy atom. The van der Waals surface area contributed by atoms with Gasteiger partial charge in [-0.1, -0.05) is 12.1 Å². The second-order valence-electron chi connectivity index (χ2n) is 6.11. The molecular formula is C18H19N3O4S2. The monoisotopic (exact) mass is 405 g/mol. The second kappa shape index (κ2) is 7.26. The average Bonchev–Trinajstić information content (AvgIpc) is 3.28. The fourth-order valence-electron chi connectivity index (χ4n) is 2.62. The van der Waals surface area contributed by atoms with E-state index >= 15 is 0 Å². The Bertz CT molecular complexity index is 1070. The maximum absolute atomic E-state index is 12.9. The molecular weight excluding hydrogens is 386 g/mol.